The molecule has 2 aliphatic rings. The summed E-state index contributed by atoms with van der Waals surface area (Å²) in [7, 11) is 0. The van der Waals surface area contributed by atoms with Crippen molar-refractivity contribution < 1.29 is 19.8 Å². The number of hydrogen-bond acceptors (Lipinski definition) is 8. The van der Waals surface area contributed by atoms with Crippen LogP contribution in [-0.4, -0.2) is 65.6 Å². The Morgan fingerprint density at radius 2 is 1.35 bits per heavy atom. The molecule has 6 heterocycles. The lowest BCUT2D eigenvalue weighted by Crippen LogP contribution is -2.38. The third-order valence-electron chi connectivity index (χ3n) is 8.79. The molecule has 0 unspecified atom stereocenters. The first-order chi connectivity index (χ1) is 25.3. The summed E-state index contributed by atoms with van der Waals surface area (Å²) in [6, 6.07) is 19.7. The molecule has 4 amide bonds. The number of halogens is 2. The number of thiophene rings is 2. The molecule has 0 radical (unpaired) electrons. The molecule has 0 aliphatic carbocycles. The fourth-order valence-electron chi connectivity index (χ4n) is 6.17. The molecule has 0 atom stereocenters. The number of anilines is 2. The van der Waals surface area contributed by atoms with Crippen LogP contribution >= 0.6 is 45.9 Å². The molecule has 12 nitrogen and oxygen atoms in total. The van der Waals surface area contributed by atoms with E-state index in [2.05, 4.69) is 31.0 Å². The van der Waals surface area contributed by atoms with E-state index in [1.54, 1.807) is 52.3 Å². The smallest absolute Gasteiger partial charge is 0.322 e. The van der Waals surface area contributed by atoms with Crippen molar-refractivity contribution >= 4 is 69.3 Å². The van der Waals surface area contributed by atoms with Gasteiger partial charge in [0.25, 0.3) is 0 Å². The standard InChI is InChI=1S/2C18H17ClN4O2S/c19-11-2-1-3-12(8-11)20-18(25)23-6-4-15-14(9-23)17(22-21-15)13-5-7-26-16(13)10-24;19-11-2-1-3-12(8-11)20-18(25)23-7-6-15-14(9-23)17(22-21-15)16-5-4-13(10-24)26-16/h1-3,5,7-8,24H,4,6,9-10H2,(H,20,25)(H,21,22);1-5,8,24H,6-7,9-10H2,(H,20,25)(H,21,22). The number of hydrogen-bond donors (Lipinski definition) is 6. The van der Waals surface area contributed by atoms with Gasteiger partial charge in [0.15, 0.2) is 0 Å². The molecule has 4 aromatic heterocycles. The van der Waals surface area contributed by atoms with E-state index in [-0.39, 0.29) is 25.3 Å². The third-order valence-corrected chi connectivity index (χ3v) is 11.2. The first kappa shape index (κ1) is 35.7. The predicted molar refractivity (Wildman–Crippen MR) is 205 cm³/mol. The van der Waals surface area contributed by atoms with E-state index in [0.717, 1.165) is 60.5 Å². The summed E-state index contributed by atoms with van der Waals surface area (Å²) in [5.41, 5.74) is 8.07. The fourth-order valence-corrected chi connectivity index (χ4v) is 8.17. The van der Waals surface area contributed by atoms with Crippen molar-refractivity contribution in [2.45, 2.75) is 39.1 Å². The molecule has 0 saturated heterocycles. The SMILES string of the molecule is O=C(Nc1cccc(Cl)c1)N1CCc2[nH]nc(-c3ccc(CO)s3)c2C1.O=C(Nc1cccc(Cl)c1)N1CCc2[nH]nc(-c3ccsc3CO)c2C1. The van der Waals surface area contributed by atoms with E-state index in [1.807, 2.05) is 29.6 Å². The fraction of sp³-hybridized carbons (Fsp3) is 0.222. The lowest BCUT2D eigenvalue weighted by atomic mass is 10.0. The minimum Gasteiger partial charge on any atom is -0.391 e. The zero-order chi connectivity index (χ0) is 36.2. The molecule has 16 heteroatoms. The Kier molecular flexibility index (Phi) is 10.9. The summed E-state index contributed by atoms with van der Waals surface area (Å²) >= 11 is 15.0. The Labute approximate surface area is 317 Å². The van der Waals surface area contributed by atoms with Crippen LogP contribution in [0.1, 0.15) is 32.3 Å². The van der Waals surface area contributed by atoms with Crippen molar-refractivity contribution in [2.75, 3.05) is 23.7 Å². The normalized spacial score (nSPS) is 13.5. The number of H-pyrrole nitrogens is 2. The number of nitrogens with zero attached hydrogens (tertiary/aromatic N) is 4. The van der Waals surface area contributed by atoms with Gasteiger partial charge in [-0.15, -0.1) is 22.7 Å². The second kappa shape index (κ2) is 15.9. The Morgan fingerprint density at radius 1 is 0.769 bits per heavy atom. The van der Waals surface area contributed by atoms with Gasteiger partial charge >= 0.3 is 12.1 Å². The second-order valence-corrected chi connectivity index (χ2v) is 15.2. The number of rotatable bonds is 6. The lowest BCUT2D eigenvalue weighted by Gasteiger charge is -2.27. The van der Waals surface area contributed by atoms with Crippen LogP contribution in [0, 0.1) is 0 Å². The summed E-state index contributed by atoms with van der Waals surface area (Å²) < 4.78 is 0. The molecule has 52 heavy (non-hydrogen) atoms. The van der Waals surface area contributed by atoms with Gasteiger partial charge in [-0.25, -0.2) is 9.59 Å². The number of carbonyl (C=O) groups is 2. The van der Waals surface area contributed by atoms with Crippen LogP contribution in [0.2, 0.25) is 10.0 Å². The highest BCUT2D eigenvalue weighted by Crippen LogP contribution is 2.35. The zero-order valence-corrected chi connectivity index (χ0v) is 30.8. The molecule has 8 rings (SSSR count). The number of aliphatic hydroxyl groups is 2. The maximum absolute atomic E-state index is 12.6. The first-order valence-corrected chi connectivity index (χ1v) is 18.9. The highest BCUT2D eigenvalue weighted by atomic mass is 35.5. The summed E-state index contributed by atoms with van der Waals surface area (Å²) in [5, 5.41) is 42.7. The maximum atomic E-state index is 12.6. The quantitative estimate of drug-likeness (QED) is 0.101. The monoisotopic (exact) mass is 776 g/mol. The average Bonchev–Trinajstić information content (AvgIpc) is 3.97. The van der Waals surface area contributed by atoms with Crippen LogP contribution in [0.4, 0.5) is 21.0 Å². The van der Waals surface area contributed by atoms with Crippen molar-refractivity contribution in [3.63, 3.8) is 0 Å². The Bertz CT molecular complexity index is 2210. The number of amides is 4. The van der Waals surface area contributed by atoms with Gasteiger partial charge in [0.1, 0.15) is 5.69 Å². The van der Waals surface area contributed by atoms with Crippen LogP contribution in [0.15, 0.2) is 72.1 Å². The topological polar surface area (TPSA) is 162 Å². The molecule has 2 aliphatic heterocycles. The highest BCUT2D eigenvalue weighted by molar-refractivity contribution is 7.15. The Morgan fingerprint density at radius 3 is 1.88 bits per heavy atom. The van der Waals surface area contributed by atoms with E-state index < -0.39 is 0 Å². The number of benzene rings is 2. The van der Waals surface area contributed by atoms with Crippen molar-refractivity contribution in [1.29, 1.82) is 0 Å². The number of aliphatic hydroxyl groups excluding tert-OH is 2. The van der Waals surface area contributed by atoms with Crippen LogP contribution in [0.5, 0.6) is 0 Å². The summed E-state index contributed by atoms with van der Waals surface area (Å²) in [5.74, 6) is 0. The predicted octanol–water partition coefficient (Wildman–Crippen LogP) is 7.75. The molecule has 6 N–H and O–H groups in total. The van der Waals surface area contributed by atoms with Crippen LogP contribution in [-0.2, 0) is 39.1 Å². The van der Waals surface area contributed by atoms with Gasteiger partial charge in [-0.1, -0.05) is 35.3 Å². The molecular formula is C36H34Cl2N8O4S2. The van der Waals surface area contributed by atoms with Gasteiger partial charge < -0.3 is 30.6 Å². The van der Waals surface area contributed by atoms with E-state index in [0.29, 0.717) is 54.0 Å². The molecule has 0 bridgehead atoms. The molecule has 6 aromatic rings. The molecule has 2 aromatic carbocycles. The van der Waals surface area contributed by atoms with Gasteiger partial charge in [0.05, 0.1) is 36.9 Å². The van der Waals surface area contributed by atoms with E-state index in [1.165, 1.54) is 22.7 Å². The summed E-state index contributed by atoms with van der Waals surface area (Å²) in [6.07, 6.45) is 1.44. The van der Waals surface area contributed by atoms with Crippen molar-refractivity contribution in [3.8, 4) is 21.8 Å². The van der Waals surface area contributed by atoms with Crippen molar-refractivity contribution in [1.82, 2.24) is 30.2 Å². The number of carbonyl (C=O) groups excluding carboxylic acids is 2. The molecule has 0 saturated carbocycles. The largest absolute Gasteiger partial charge is 0.391 e. The number of aromatic amines is 2. The molecule has 268 valence electrons. The summed E-state index contributed by atoms with van der Waals surface area (Å²) in [6.45, 7) is 2.18. The minimum atomic E-state index is -0.169. The number of aromatic nitrogens is 4. The van der Waals surface area contributed by atoms with Gasteiger partial charge in [-0.3, -0.25) is 10.2 Å². The highest BCUT2D eigenvalue weighted by Gasteiger charge is 2.28. The van der Waals surface area contributed by atoms with Gasteiger partial charge in [0, 0.05) is 85.2 Å². The first-order valence-electron chi connectivity index (χ1n) is 16.4. The van der Waals surface area contributed by atoms with Crippen molar-refractivity contribution in [2.24, 2.45) is 0 Å². The number of urea groups is 2. The molecular weight excluding hydrogens is 743 g/mol. The Balaban J connectivity index is 0.000000162. The van der Waals surface area contributed by atoms with E-state index >= 15 is 0 Å². The van der Waals surface area contributed by atoms with Crippen LogP contribution < -0.4 is 10.6 Å². The van der Waals surface area contributed by atoms with Crippen LogP contribution in [0.25, 0.3) is 21.8 Å². The van der Waals surface area contributed by atoms with E-state index in [4.69, 9.17) is 23.2 Å². The average molecular weight is 778 g/mol. The van der Waals surface area contributed by atoms with Gasteiger partial charge in [-0.2, -0.15) is 10.2 Å². The number of nitrogens with one attached hydrogen (secondary N) is 4. The second-order valence-electron chi connectivity index (χ2n) is 12.1. The van der Waals surface area contributed by atoms with E-state index in [9.17, 15) is 19.8 Å². The number of fused-ring (bicyclic) bond motifs is 2. The van der Waals surface area contributed by atoms with Crippen molar-refractivity contribution in [3.05, 3.63) is 114 Å². The lowest BCUT2D eigenvalue weighted by molar-refractivity contribution is 0.205. The zero-order valence-electron chi connectivity index (χ0n) is 27.7. The van der Waals surface area contributed by atoms with Crippen LogP contribution in [0.3, 0.4) is 0 Å². The third kappa shape index (κ3) is 7.87. The minimum absolute atomic E-state index is 0.0193. The molecule has 0 fully saturated rings. The maximum Gasteiger partial charge on any atom is 0.322 e. The Hall–Kier alpha value is -4.70. The van der Waals surface area contributed by atoms with Gasteiger partial charge in [0.2, 0.25) is 0 Å². The summed E-state index contributed by atoms with van der Waals surface area (Å²) in [4.78, 5) is 31.5. The van der Waals surface area contributed by atoms with Gasteiger partial charge in [-0.05, 0) is 60.0 Å². The molecule has 0 spiro atoms.